The molecule has 1 heterocycles. The number of nitrogens with zero attached hydrogens (tertiary/aromatic N) is 3. The zero-order valence-corrected chi connectivity index (χ0v) is 16.4. The van der Waals surface area contributed by atoms with Crippen molar-refractivity contribution in [3.8, 4) is 0 Å². The summed E-state index contributed by atoms with van der Waals surface area (Å²) in [5.41, 5.74) is 0.230. The van der Waals surface area contributed by atoms with Crippen molar-refractivity contribution in [3.63, 3.8) is 0 Å². The molecule has 0 aliphatic heterocycles. The van der Waals surface area contributed by atoms with E-state index in [4.69, 9.17) is 4.74 Å². The van der Waals surface area contributed by atoms with Crippen molar-refractivity contribution >= 4 is 26.8 Å². The molecule has 0 N–H and O–H groups in total. The van der Waals surface area contributed by atoms with Gasteiger partial charge in [0.1, 0.15) is 6.61 Å². The summed E-state index contributed by atoms with van der Waals surface area (Å²) in [7, 11) is 0.758. The maximum Gasteiger partial charge on any atom is 0.359 e. The number of sulfonamides is 1. The molecule has 3 rings (SSSR count). The predicted molar refractivity (Wildman–Crippen MR) is 103 cm³/mol. The minimum absolute atomic E-state index is 0.0229. The van der Waals surface area contributed by atoms with Gasteiger partial charge in [-0.3, -0.25) is 4.79 Å². The highest BCUT2D eigenvalue weighted by Gasteiger charge is 2.19. The minimum atomic E-state index is -3.59. The minimum Gasteiger partial charge on any atom is -0.456 e. The summed E-state index contributed by atoms with van der Waals surface area (Å²) in [4.78, 5) is 24.8. The van der Waals surface area contributed by atoms with E-state index in [0.717, 1.165) is 8.99 Å². The van der Waals surface area contributed by atoms with Crippen LogP contribution in [0.4, 0.5) is 0 Å². The molecule has 0 unspecified atom stereocenters. The number of esters is 1. The standard InChI is InChI=1S/C19H19N3O5S/c1-21(2)28(25,26)14-8-6-7-13(11-14)12-27-19(24)17-15-9-4-5-10-16(15)18(23)22(3)20-17/h4-11H,12H2,1-3H3. The number of aromatic nitrogens is 2. The van der Waals surface area contributed by atoms with Gasteiger partial charge in [0.25, 0.3) is 5.56 Å². The first-order chi connectivity index (χ1) is 13.2. The predicted octanol–water partition coefficient (Wildman–Crippen LogP) is 1.54. The Balaban J connectivity index is 1.87. The molecule has 0 saturated heterocycles. The number of carbonyl (C=O) groups excluding carboxylic acids is 1. The van der Waals surface area contributed by atoms with E-state index < -0.39 is 16.0 Å². The van der Waals surface area contributed by atoms with Crippen LogP contribution in [0.2, 0.25) is 0 Å². The largest absolute Gasteiger partial charge is 0.456 e. The summed E-state index contributed by atoms with van der Waals surface area (Å²) >= 11 is 0. The summed E-state index contributed by atoms with van der Waals surface area (Å²) in [6.45, 7) is -0.130. The second-order valence-electron chi connectivity index (χ2n) is 6.33. The number of aryl methyl sites for hydroxylation is 1. The van der Waals surface area contributed by atoms with Crippen molar-refractivity contribution in [2.45, 2.75) is 11.5 Å². The Morgan fingerprint density at radius 1 is 1.11 bits per heavy atom. The zero-order valence-electron chi connectivity index (χ0n) is 15.6. The number of hydrogen-bond acceptors (Lipinski definition) is 6. The van der Waals surface area contributed by atoms with Crippen LogP contribution in [0.25, 0.3) is 10.8 Å². The molecule has 0 fully saturated rings. The number of hydrogen-bond donors (Lipinski definition) is 0. The van der Waals surface area contributed by atoms with Crippen LogP contribution in [0.15, 0.2) is 58.2 Å². The lowest BCUT2D eigenvalue weighted by Crippen LogP contribution is -2.24. The third-order valence-corrected chi connectivity index (χ3v) is 6.01. The molecule has 8 nitrogen and oxygen atoms in total. The maximum absolute atomic E-state index is 12.6. The van der Waals surface area contributed by atoms with Crippen LogP contribution in [-0.2, 0) is 28.4 Å². The molecular formula is C19H19N3O5S. The van der Waals surface area contributed by atoms with E-state index >= 15 is 0 Å². The molecule has 2 aromatic carbocycles. The number of carbonyl (C=O) groups is 1. The van der Waals surface area contributed by atoms with E-state index in [9.17, 15) is 18.0 Å². The Hall–Kier alpha value is -3.04. The molecule has 0 amide bonds. The SMILES string of the molecule is CN(C)S(=O)(=O)c1cccc(COC(=O)c2nn(C)c(=O)c3ccccc23)c1. The van der Waals surface area contributed by atoms with Crippen molar-refractivity contribution in [2.24, 2.45) is 7.05 Å². The Kier molecular flexibility index (Phi) is 5.30. The first-order valence-electron chi connectivity index (χ1n) is 8.36. The molecule has 1 aromatic heterocycles. The van der Waals surface area contributed by atoms with Gasteiger partial charge in [0.2, 0.25) is 10.0 Å². The summed E-state index contributed by atoms with van der Waals surface area (Å²) in [5.74, 6) is -0.701. The average molecular weight is 401 g/mol. The quantitative estimate of drug-likeness (QED) is 0.602. The van der Waals surface area contributed by atoms with Gasteiger partial charge in [0.05, 0.1) is 10.3 Å². The van der Waals surface area contributed by atoms with E-state index in [-0.39, 0.29) is 22.8 Å². The van der Waals surface area contributed by atoms with Gasteiger partial charge in [-0.05, 0) is 23.8 Å². The molecular weight excluding hydrogens is 382 g/mol. The zero-order chi connectivity index (χ0) is 20.5. The third kappa shape index (κ3) is 3.67. The monoisotopic (exact) mass is 401 g/mol. The van der Waals surface area contributed by atoms with Crippen LogP contribution in [0.1, 0.15) is 16.1 Å². The van der Waals surface area contributed by atoms with E-state index in [0.29, 0.717) is 16.3 Å². The maximum atomic E-state index is 12.6. The van der Waals surface area contributed by atoms with E-state index in [1.165, 1.54) is 33.3 Å². The fraction of sp³-hybridized carbons (Fsp3) is 0.211. The Labute approximate surface area is 162 Å². The first-order valence-corrected chi connectivity index (χ1v) is 9.80. The second kappa shape index (κ2) is 7.53. The topological polar surface area (TPSA) is 98.6 Å². The molecule has 0 bridgehead atoms. The number of ether oxygens (including phenoxy) is 1. The van der Waals surface area contributed by atoms with Crippen molar-refractivity contribution in [1.82, 2.24) is 14.1 Å². The number of fused-ring (bicyclic) bond motifs is 1. The van der Waals surface area contributed by atoms with Crippen LogP contribution < -0.4 is 5.56 Å². The Morgan fingerprint density at radius 2 is 1.79 bits per heavy atom. The number of rotatable bonds is 5. The molecule has 0 atom stereocenters. The molecule has 0 aliphatic rings. The number of benzene rings is 2. The Bertz CT molecular complexity index is 1220. The van der Waals surface area contributed by atoms with E-state index in [1.807, 2.05) is 0 Å². The van der Waals surface area contributed by atoms with Gasteiger partial charge >= 0.3 is 5.97 Å². The summed E-state index contributed by atoms with van der Waals surface area (Å²) in [6.07, 6.45) is 0. The molecule has 0 saturated carbocycles. The summed E-state index contributed by atoms with van der Waals surface area (Å²) < 4.78 is 32.0. The van der Waals surface area contributed by atoms with E-state index in [2.05, 4.69) is 5.10 Å². The highest BCUT2D eigenvalue weighted by molar-refractivity contribution is 7.89. The molecule has 0 spiro atoms. The highest BCUT2D eigenvalue weighted by atomic mass is 32.2. The van der Waals surface area contributed by atoms with Crippen LogP contribution >= 0.6 is 0 Å². The van der Waals surface area contributed by atoms with Gasteiger partial charge in [-0.15, -0.1) is 0 Å². The molecule has 9 heteroatoms. The fourth-order valence-electron chi connectivity index (χ4n) is 2.67. The molecule has 146 valence electrons. The lowest BCUT2D eigenvalue weighted by molar-refractivity contribution is 0.0465. The van der Waals surface area contributed by atoms with Crippen LogP contribution in [0, 0.1) is 0 Å². The smallest absolute Gasteiger partial charge is 0.359 e. The molecule has 0 radical (unpaired) electrons. The van der Waals surface area contributed by atoms with Crippen molar-refractivity contribution in [3.05, 3.63) is 70.1 Å². The van der Waals surface area contributed by atoms with Gasteiger partial charge in [-0.25, -0.2) is 22.2 Å². The first kappa shape index (κ1) is 19.7. The lowest BCUT2D eigenvalue weighted by Gasteiger charge is -2.12. The van der Waals surface area contributed by atoms with Crippen molar-refractivity contribution < 1.29 is 17.9 Å². The fourth-order valence-corrected chi connectivity index (χ4v) is 3.65. The molecule has 3 aromatic rings. The lowest BCUT2D eigenvalue weighted by atomic mass is 10.1. The summed E-state index contributed by atoms with van der Waals surface area (Å²) in [5, 5.41) is 4.79. The highest BCUT2D eigenvalue weighted by Crippen LogP contribution is 2.17. The van der Waals surface area contributed by atoms with Gasteiger partial charge in [0.15, 0.2) is 5.69 Å². The molecule has 28 heavy (non-hydrogen) atoms. The molecule has 0 aliphatic carbocycles. The van der Waals surface area contributed by atoms with Gasteiger partial charge < -0.3 is 4.74 Å². The second-order valence-corrected chi connectivity index (χ2v) is 8.49. The van der Waals surface area contributed by atoms with Crippen molar-refractivity contribution in [2.75, 3.05) is 14.1 Å². The Morgan fingerprint density at radius 3 is 2.46 bits per heavy atom. The van der Waals surface area contributed by atoms with E-state index in [1.54, 1.807) is 36.4 Å². The summed E-state index contributed by atoms with van der Waals surface area (Å²) in [6, 6.07) is 12.8. The normalized spacial score (nSPS) is 11.7. The van der Waals surface area contributed by atoms with Gasteiger partial charge in [-0.1, -0.05) is 30.3 Å². The van der Waals surface area contributed by atoms with Gasteiger partial charge in [0, 0.05) is 26.5 Å². The van der Waals surface area contributed by atoms with Crippen LogP contribution in [-0.4, -0.2) is 42.6 Å². The van der Waals surface area contributed by atoms with Crippen molar-refractivity contribution in [1.29, 1.82) is 0 Å². The average Bonchev–Trinajstić information content (AvgIpc) is 2.69. The third-order valence-electron chi connectivity index (χ3n) is 4.20. The van der Waals surface area contributed by atoms with Crippen LogP contribution in [0.5, 0.6) is 0 Å². The van der Waals surface area contributed by atoms with Crippen LogP contribution in [0.3, 0.4) is 0 Å². The van der Waals surface area contributed by atoms with Gasteiger partial charge in [-0.2, -0.15) is 5.10 Å².